The highest BCUT2D eigenvalue weighted by molar-refractivity contribution is 5.58. The van der Waals surface area contributed by atoms with Crippen LogP contribution in [0.4, 0.5) is 4.39 Å². The van der Waals surface area contributed by atoms with E-state index in [4.69, 9.17) is 4.52 Å². The number of nitrogens with zero attached hydrogens (tertiary/aromatic N) is 3. The molecule has 4 nitrogen and oxygen atoms in total. The molecule has 0 aliphatic heterocycles. The van der Waals surface area contributed by atoms with Gasteiger partial charge in [0.1, 0.15) is 5.82 Å². The van der Waals surface area contributed by atoms with Crippen molar-refractivity contribution in [3.8, 4) is 11.4 Å². The summed E-state index contributed by atoms with van der Waals surface area (Å²) >= 11 is 0. The van der Waals surface area contributed by atoms with E-state index in [1.807, 2.05) is 30.3 Å². The first-order valence-electron chi connectivity index (χ1n) is 10.8. The minimum Gasteiger partial charge on any atom is -0.339 e. The molecule has 158 valence electrons. The number of hydrogen-bond acceptors (Lipinski definition) is 4. The molecule has 0 bridgehead atoms. The van der Waals surface area contributed by atoms with Crippen LogP contribution in [0, 0.1) is 24.6 Å². The van der Waals surface area contributed by atoms with E-state index in [9.17, 15) is 4.39 Å². The van der Waals surface area contributed by atoms with Crippen LogP contribution >= 0.6 is 0 Å². The lowest BCUT2D eigenvalue weighted by molar-refractivity contribution is 0.146. The smallest absolute Gasteiger partial charge is 0.227 e. The van der Waals surface area contributed by atoms with Crippen molar-refractivity contribution >= 4 is 0 Å². The van der Waals surface area contributed by atoms with Gasteiger partial charge < -0.3 is 9.42 Å². The Morgan fingerprint density at radius 1 is 1.03 bits per heavy atom. The van der Waals surface area contributed by atoms with Crippen LogP contribution in [0.25, 0.3) is 11.4 Å². The topological polar surface area (TPSA) is 42.2 Å². The fourth-order valence-electron chi connectivity index (χ4n) is 4.88. The lowest BCUT2D eigenvalue weighted by Gasteiger charge is -2.37. The molecule has 1 aromatic heterocycles. The van der Waals surface area contributed by atoms with Crippen LogP contribution in [-0.2, 0) is 6.42 Å². The maximum absolute atomic E-state index is 13.4. The average molecular weight is 408 g/mol. The zero-order valence-electron chi connectivity index (χ0n) is 18.0. The van der Waals surface area contributed by atoms with E-state index < -0.39 is 0 Å². The third kappa shape index (κ3) is 4.62. The number of rotatable bonds is 6. The first-order chi connectivity index (χ1) is 14.5. The summed E-state index contributed by atoms with van der Waals surface area (Å²) in [6.07, 6.45) is 5.46. The van der Waals surface area contributed by atoms with Gasteiger partial charge in [-0.3, -0.25) is 0 Å². The molecule has 30 heavy (non-hydrogen) atoms. The molecular weight excluding hydrogens is 377 g/mol. The minimum atomic E-state index is -0.176. The normalized spacial score (nSPS) is 20.4. The second-order valence-corrected chi connectivity index (χ2v) is 8.77. The molecule has 1 atom stereocenters. The quantitative estimate of drug-likeness (QED) is 0.515. The van der Waals surface area contributed by atoms with Gasteiger partial charge in [-0.2, -0.15) is 4.98 Å². The number of halogens is 1. The predicted octanol–water partition coefficient (Wildman–Crippen LogP) is 5.84. The van der Waals surface area contributed by atoms with Gasteiger partial charge in [-0.15, -0.1) is 0 Å². The zero-order valence-corrected chi connectivity index (χ0v) is 18.0. The Balaban J connectivity index is 1.38. The highest BCUT2D eigenvalue weighted by Gasteiger charge is 2.30. The molecule has 3 aromatic rings. The van der Waals surface area contributed by atoms with Gasteiger partial charge in [0, 0.05) is 18.0 Å². The van der Waals surface area contributed by atoms with Gasteiger partial charge in [0.15, 0.2) is 0 Å². The van der Waals surface area contributed by atoms with Crippen LogP contribution in [0.2, 0.25) is 0 Å². The number of benzene rings is 2. The summed E-state index contributed by atoms with van der Waals surface area (Å²) in [7, 11) is 4.23. The minimum absolute atomic E-state index is 0.176. The van der Waals surface area contributed by atoms with Gasteiger partial charge in [0.2, 0.25) is 11.7 Å². The molecule has 0 amide bonds. The summed E-state index contributed by atoms with van der Waals surface area (Å²) in [5, 5.41) is 4.20. The third-order valence-electron chi connectivity index (χ3n) is 6.42. The van der Waals surface area contributed by atoms with Gasteiger partial charge in [0.05, 0.1) is 0 Å². The Morgan fingerprint density at radius 3 is 2.40 bits per heavy atom. The second kappa shape index (κ2) is 9.09. The molecule has 0 saturated heterocycles. The summed E-state index contributed by atoms with van der Waals surface area (Å²) < 4.78 is 18.9. The fraction of sp³-hybridized carbons (Fsp3) is 0.440. The second-order valence-electron chi connectivity index (χ2n) is 8.77. The monoisotopic (exact) mass is 407 g/mol. The van der Waals surface area contributed by atoms with Gasteiger partial charge in [-0.1, -0.05) is 41.6 Å². The molecule has 1 aliphatic rings. The highest BCUT2D eigenvalue weighted by atomic mass is 19.1. The van der Waals surface area contributed by atoms with Gasteiger partial charge in [-0.25, -0.2) is 4.39 Å². The van der Waals surface area contributed by atoms with E-state index >= 15 is 0 Å². The highest BCUT2D eigenvalue weighted by Crippen LogP contribution is 2.40. The van der Waals surface area contributed by atoms with Crippen molar-refractivity contribution in [3.63, 3.8) is 0 Å². The number of hydrogen-bond donors (Lipinski definition) is 0. The summed E-state index contributed by atoms with van der Waals surface area (Å²) in [6.45, 7) is 2.06. The maximum Gasteiger partial charge on any atom is 0.227 e. The molecule has 0 N–H and O–H groups in total. The Bertz CT molecular complexity index is 959. The van der Waals surface area contributed by atoms with Crippen molar-refractivity contribution in [1.29, 1.82) is 0 Å². The van der Waals surface area contributed by atoms with Gasteiger partial charge in [-0.05, 0) is 81.8 Å². The zero-order chi connectivity index (χ0) is 21.1. The summed E-state index contributed by atoms with van der Waals surface area (Å²) in [4.78, 5) is 6.92. The summed E-state index contributed by atoms with van der Waals surface area (Å²) in [5.41, 5.74) is 3.38. The number of aromatic nitrogens is 2. The molecule has 1 fully saturated rings. The van der Waals surface area contributed by atoms with Crippen molar-refractivity contribution in [2.24, 2.45) is 11.8 Å². The van der Waals surface area contributed by atoms with Crippen molar-refractivity contribution in [2.45, 2.75) is 45.1 Å². The van der Waals surface area contributed by atoms with E-state index in [1.165, 1.54) is 5.56 Å². The standard InChI is InChI=1S/C25H30FN3O/c1-17-6-4-5-7-22(17)25-27-23(30-28-25)16-18-8-10-19(11-9-18)24(29(2)3)20-12-14-21(26)15-13-20/h4-7,12-15,18-19,24H,8-11,16H2,1-3H3. The van der Waals surface area contributed by atoms with Crippen LogP contribution in [0.5, 0.6) is 0 Å². The molecule has 5 heteroatoms. The summed E-state index contributed by atoms with van der Waals surface area (Å²) in [5.74, 6) is 2.39. The van der Waals surface area contributed by atoms with Gasteiger partial charge >= 0.3 is 0 Å². The molecule has 4 rings (SSSR count). The van der Waals surface area contributed by atoms with Crippen LogP contribution in [-0.4, -0.2) is 29.1 Å². The predicted molar refractivity (Wildman–Crippen MR) is 116 cm³/mol. The first kappa shape index (κ1) is 20.7. The lowest BCUT2D eigenvalue weighted by Crippen LogP contribution is -2.30. The number of aryl methyl sites for hydroxylation is 1. The largest absolute Gasteiger partial charge is 0.339 e. The summed E-state index contributed by atoms with van der Waals surface area (Å²) in [6, 6.07) is 15.4. The van der Waals surface area contributed by atoms with E-state index in [2.05, 4.69) is 42.1 Å². The Labute approximate surface area is 178 Å². The van der Waals surface area contributed by atoms with Crippen LogP contribution in [0.1, 0.15) is 48.7 Å². The Kier molecular flexibility index (Phi) is 6.28. The van der Waals surface area contributed by atoms with Crippen LogP contribution in [0.15, 0.2) is 53.1 Å². The van der Waals surface area contributed by atoms with Crippen molar-refractivity contribution in [3.05, 3.63) is 71.4 Å². The van der Waals surface area contributed by atoms with Crippen LogP contribution in [0.3, 0.4) is 0 Å². The first-order valence-corrected chi connectivity index (χ1v) is 10.8. The molecule has 0 radical (unpaired) electrons. The van der Waals surface area contributed by atoms with Gasteiger partial charge in [0.25, 0.3) is 0 Å². The molecule has 1 saturated carbocycles. The van der Waals surface area contributed by atoms with E-state index in [-0.39, 0.29) is 5.82 Å². The van der Waals surface area contributed by atoms with E-state index in [0.717, 1.165) is 49.1 Å². The third-order valence-corrected chi connectivity index (χ3v) is 6.42. The van der Waals surface area contributed by atoms with E-state index in [0.29, 0.717) is 23.7 Å². The molecule has 1 heterocycles. The Hall–Kier alpha value is -2.53. The Morgan fingerprint density at radius 2 is 1.73 bits per heavy atom. The molecule has 2 aromatic carbocycles. The average Bonchev–Trinajstić information content (AvgIpc) is 3.19. The van der Waals surface area contributed by atoms with Crippen LogP contribution < -0.4 is 0 Å². The van der Waals surface area contributed by atoms with Crippen molar-refractivity contribution in [2.75, 3.05) is 14.1 Å². The van der Waals surface area contributed by atoms with E-state index in [1.54, 1.807) is 12.1 Å². The van der Waals surface area contributed by atoms with Crippen molar-refractivity contribution < 1.29 is 8.91 Å². The SMILES string of the molecule is Cc1ccccc1-c1noc(CC2CCC(C(c3ccc(F)cc3)N(C)C)CC2)n1. The molecule has 1 aliphatic carbocycles. The fourth-order valence-corrected chi connectivity index (χ4v) is 4.88. The lowest BCUT2D eigenvalue weighted by atomic mass is 9.75. The van der Waals surface area contributed by atoms with Crippen molar-refractivity contribution in [1.82, 2.24) is 15.0 Å². The molecule has 0 spiro atoms. The molecule has 1 unspecified atom stereocenters. The molecular formula is C25H30FN3O. The maximum atomic E-state index is 13.4.